The van der Waals surface area contributed by atoms with Gasteiger partial charge in [0.1, 0.15) is 5.75 Å². The number of hydrogen-bond acceptors (Lipinski definition) is 6. The molecule has 0 amide bonds. The highest BCUT2D eigenvalue weighted by atomic mass is 32.1. The minimum absolute atomic E-state index is 0.0696. The van der Waals surface area contributed by atoms with Crippen LogP contribution in [-0.4, -0.2) is 25.9 Å². The number of hydrogen-bond donors (Lipinski definition) is 0. The standard InChI is InChI=1S/C30H26N2O4S/c1-34-23-11-7-5-9-19(23)17-26-29(33)32-28(20-13-15-24(35-2)25(16-20)36-3)22-14-12-18-8-4-6-10-21(18)27(22)31-30(32)37-26/h4-11,13,15-17,28H,12,14H2,1-3H3. The molecule has 1 aromatic heterocycles. The molecule has 0 bridgehead atoms. The average Bonchev–Trinajstić information content (AvgIpc) is 3.25. The number of benzene rings is 3. The van der Waals surface area contributed by atoms with Gasteiger partial charge in [0.15, 0.2) is 16.3 Å². The van der Waals surface area contributed by atoms with Crippen molar-refractivity contribution in [3.05, 3.63) is 114 Å². The van der Waals surface area contributed by atoms with Crippen molar-refractivity contribution in [3.63, 3.8) is 0 Å². The van der Waals surface area contributed by atoms with E-state index in [1.165, 1.54) is 16.9 Å². The van der Waals surface area contributed by atoms with Crippen LogP contribution in [0.2, 0.25) is 0 Å². The van der Waals surface area contributed by atoms with Crippen molar-refractivity contribution in [2.24, 2.45) is 4.99 Å². The fourth-order valence-electron chi connectivity index (χ4n) is 5.27. The molecule has 2 aliphatic rings. The Bertz CT molecular complexity index is 1730. The van der Waals surface area contributed by atoms with Gasteiger partial charge >= 0.3 is 0 Å². The SMILES string of the molecule is COc1ccccc1C=c1sc2n(c1=O)C(c1ccc(OC)c(OC)c1)C1=C(N=2)c2ccccc2CC1. The van der Waals surface area contributed by atoms with Gasteiger partial charge in [-0.3, -0.25) is 9.36 Å². The highest BCUT2D eigenvalue weighted by molar-refractivity contribution is 7.07. The van der Waals surface area contributed by atoms with E-state index in [2.05, 4.69) is 18.2 Å². The van der Waals surface area contributed by atoms with Crippen molar-refractivity contribution in [2.75, 3.05) is 21.3 Å². The molecule has 0 spiro atoms. The van der Waals surface area contributed by atoms with Gasteiger partial charge in [-0.15, -0.1) is 0 Å². The van der Waals surface area contributed by atoms with E-state index in [1.807, 2.05) is 59.2 Å². The maximum absolute atomic E-state index is 14.0. The zero-order valence-electron chi connectivity index (χ0n) is 20.9. The second kappa shape index (κ2) is 9.41. The third-order valence-corrected chi connectivity index (χ3v) is 8.00. The van der Waals surface area contributed by atoms with Gasteiger partial charge in [-0.1, -0.05) is 59.9 Å². The van der Waals surface area contributed by atoms with E-state index in [9.17, 15) is 4.79 Å². The Kier molecular flexibility index (Phi) is 5.93. The molecule has 0 radical (unpaired) electrons. The first kappa shape index (κ1) is 23.3. The van der Waals surface area contributed by atoms with Crippen LogP contribution in [0, 0.1) is 0 Å². The van der Waals surface area contributed by atoms with Crippen LogP contribution < -0.4 is 29.1 Å². The minimum atomic E-state index is -0.292. The van der Waals surface area contributed by atoms with Gasteiger partial charge in [0.25, 0.3) is 5.56 Å². The van der Waals surface area contributed by atoms with Gasteiger partial charge in [-0.25, -0.2) is 4.99 Å². The third-order valence-electron chi connectivity index (χ3n) is 7.02. The molecule has 0 fully saturated rings. The van der Waals surface area contributed by atoms with Crippen molar-refractivity contribution in [1.82, 2.24) is 4.57 Å². The number of rotatable bonds is 5. The van der Waals surface area contributed by atoms with Crippen LogP contribution in [0.4, 0.5) is 0 Å². The fourth-order valence-corrected chi connectivity index (χ4v) is 6.26. The predicted octanol–water partition coefficient (Wildman–Crippen LogP) is 4.34. The number of fused-ring (bicyclic) bond motifs is 3. The number of ether oxygens (including phenoxy) is 3. The maximum atomic E-state index is 14.0. The summed E-state index contributed by atoms with van der Waals surface area (Å²) in [4.78, 5) is 19.7. The minimum Gasteiger partial charge on any atom is -0.496 e. The molecule has 7 heteroatoms. The molecule has 0 saturated heterocycles. The number of aromatic nitrogens is 1. The number of allylic oxidation sites excluding steroid dienone is 1. The molecular weight excluding hydrogens is 484 g/mol. The molecule has 2 heterocycles. The second-order valence-electron chi connectivity index (χ2n) is 8.97. The van der Waals surface area contributed by atoms with E-state index in [0.717, 1.165) is 46.6 Å². The van der Waals surface area contributed by atoms with Crippen LogP contribution in [0.15, 0.2) is 82.1 Å². The van der Waals surface area contributed by atoms with Crippen molar-refractivity contribution < 1.29 is 14.2 Å². The monoisotopic (exact) mass is 510 g/mol. The lowest BCUT2D eigenvalue weighted by Crippen LogP contribution is -2.38. The molecule has 1 aliphatic carbocycles. The molecule has 0 N–H and O–H groups in total. The van der Waals surface area contributed by atoms with Crippen molar-refractivity contribution in [1.29, 1.82) is 0 Å². The second-order valence-corrected chi connectivity index (χ2v) is 9.98. The van der Waals surface area contributed by atoms with E-state index >= 15 is 0 Å². The van der Waals surface area contributed by atoms with Crippen LogP contribution in [0.1, 0.15) is 34.7 Å². The van der Waals surface area contributed by atoms with Crippen LogP contribution in [0.25, 0.3) is 11.8 Å². The van der Waals surface area contributed by atoms with Crippen LogP contribution >= 0.6 is 11.3 Å². The molecule has 1 aliphatic heterocycles. The van der Waals surface area contributed by atoms with Gasteiger partial charge in [-0.2, -0.15) is 0 Å². The summed E-state index contributed by atoms with van der Waals surface area (Å²) in [5.41, 5.74) is 6.27. The predicted molar refractivity (Wildman–Crippen MR) is 145 cm³/mol. The first-order chi connectivity index (χ1) is 18.1. The summed E-state index contributed by atoms with van der Waals surface area (Å²) in [6, 6.07) is 21.7. The highest BCUT2D eigenvalue weighted by Crippen LogP contribution is 2.42. The van der Waals surface area contributed by atoms with Gasteiger partial charge in [0.2, 0.25) is 0 Å². The Morgan fingerprint density at radius 1 is 0.892 bits per heavy atom. The molecule has 186 valence electrons. The Morgan fingerprint density at radius 2 is 1.65 bits per heavy atom. The number of nitrogens with zero attached hydrogens (tertiary/aromatic N) is 2. The third kappa shape index (κ3) is 3.86. The molecule has 0 saturated carbocycles. The smallest absolute Gasteiger partial charge is 0.271 e. The number of para-hydroxylation sites is 1. The first-order valence-corrected chi connectivity index (χ1v) is 12.9. The molecule has 6 nitrogen and oxygen atoms in total. The molecule has 3 aromatic carbocycles. The van der Waals surface area contributed by atoms with Crippen molar-refractivity contribution >= 4 is 23.1 Å². The topological polar surface area (TPSA) is 62.0 Å². The molecular formula is C30H26N2O4S. The number of methoxy groups -OCH3 is 3. The lowest BCUT2D eigenvalue weighted by atomic mass is 9.83. The Balaban J connectivity index is 1.63. The summed E-state index contributed by atoms with van der Waals surface area (Å²) in [7, 11) is 4.88. The molecule has 37 heavy (non-hydrogen) atoms. The summed E-state index contributed by atoms with van der Waals surface area (Å²) in [5.74, 6) is 2.00. The number of aryl methyl sites for hydroxylation is 1. The van der Waals surface area contributed by atoms with Gasteiger partial charge in [-0.05, 0) is 53.8 Å². The van der Waals surface area contributed by atoms with E-state index in [-0.39, 0.29) is 11.6 Å². The molecule has 1 unspecified atom stereocenters. The first-order valence-electron chi connectivity index (χ1n) is 12.1. The lowest BCUT2D eigenvalue weighted by Gasteiger charge is -2.31. The maximum Gasteiger partial charge on any atom is 0.271 e. The van der Waals surface area contributed by atoms with Crippen molar-refractivity contribution in [2.45, 2.75) is 18.9 Å². The van der Waals surface area contributed by atoms with E-state index in [4.69, 9.17) is 19.2 Å². The van der Waals surface area contributed by atoms with Gasteiger partial charge in [0.05, 0.1) is 37.6 Å². The molecule has 1 atom stereocenters. The van der Waals surface area contributed by atoms with Crippen LogP contribution in [0.5, 0.6) is 17.2 Å². The molecule has 6 rings (SSSR count). The molecule has 4 aromatic rings. The normalized spacial score (nSPS) is 16.4. The van der Waals surface area contributed by atoms with E-state index < -0.39 is 0 Å². The Hall–Kier alpha value is -4.10. The number of thiazole rings is 1. The van der Waals surface area contributed by atoms with E-state index in [1.54, 1.807) is 21.3 Å². The zero-order valence-corrected chi connectivity index (χ0v) is 21.7. The van der Waals surface area contributed by atoms with Gasteiger partial charge in [0, 0.05) is 11.1 Å². The summed E-state index contributed by atoms with van der Waals surface area (Å²) in [6.45, 7) is 0. The van der Waals surface area contributed by atoms with Crippen LogP contribution in [-0.2, 0) is 6.42 Å². The van der Waals surface area contributed by atoms with E-state index in [0.29, 0.717) is 20.8 Å². The largest absolute Gasteiger partial charge is 0.496 e. The fraction of sp³-hybridized carbons (Fsp3) is 0.200. The average molecular weight is 511 g/mol. The van der Waals surface area contributed by atoms with Gasteiger partial charge < -0.3 is 14.2 Å². The summed E-state index contributed by atoms with van der Waals surface area (Å²) in [5, 5.41) is 0. The summed E-state index contributed by atoms with van der Waals surface area (Å²) >= 11 is 1.40. The lowest BCUT2D eigenvalue weighted by molar-refractivity contribution is 0.354. The summed E-state index contributed by atoms with van der Waals surface area (Å²) in [6.07, 6.45) is 3.62. The zero-order chi connectivity index (χ0) is 25.5. The van der Waals surface area contributed by atoms with Crippen molar-refractivity contribution in [3.8, 4) is 17.2 Å². The summed E-state index contributed by atoms with van der Waals surface area (Å²) < 4.78 is 19.1. The highest BCUT2D eigenvalue weighted by Gasteiger charge is 2.33. The quantitative estimate of drug-likeness (QED) is 0.401. The Morgan fingerprint density at radius 3 is 2.46 bits per heavy atom. The van der Waals surface area contributed by atoms with Crippen LogP contribution in [0.3, 0.4) is 0 Å². The Labute approximate surface area is 218 Å².